The number of morpholine rings is 1. The molecule has 0 radical (unpaired) electrons. The number of ether oxygens (including phenoxy) is 3. The Balaban J connectivity index is 1.20. The van der Waals surface area contributed by atoms with Gasteiger partial charge in [-0.3, -0.25) is 14.6 Å². The molecular formula is C42H57ClN4O6S. The fourth-order valence-corrected chi connectivity index (χ4v) is 11.8. The number of allylic oxidation sites excluding steroid dienone is 1. The highest BCUT2D eigenvalue weighted by Crippen LogP contribution is 2.49. The second-order valence-corrected chi connectivity index (χ2v) is 19.4. The van der Waals surface area contributed by atoms with E-state index in [4.69, 9.17) is 25.8 Å². The quantitative estimate of drug-likeness (QED) is 0.394. The van der Waals surface area contributed by atoms with Crippen LogP contribution >= 0.6 is 11.6 Å². The maximum absolute atomic E-state index is 13.7. The van der Waals surface area contributed by atoms with Gasteiger partial charge in [-0.1, -0.05) is 36.7 Å². The molecular weight excluding hydrogens is 724 g/mol. The molecule has 294 valence electrons. The molecule has 1 N–H and O–H groups in total. The number of halogens is 1. The number of carbonyl (C=O) groups is 1. The first-order valence-electron chi connectivity index (χ1n) is 20.2. The van der Waals surface area contributed by atoms with Crippen molar-refractivity contribution in [3.63, 3.8) is 0 Å². The highest BCUT2D eigenvalue weighted by molar-refractivity contribution is 7.90. The van der Waals surface area contributed by atoms with Crippen LogP contribution in [-0.2, 0) is 31.3 Å². The summed E-state index contributed by atoms with van der Waals surface area (Å²) in [6, 6.07) is 12.1. The van der Waals surface area contributed by atoms with Gasteiger partial charge in [0.15, 0.2) is 0 Å². The standard InChI is InChI=1S/C42H57ClN4O6S/c1-4-53-42(27-45-17-18-46-19-20-51-25-35(46)24-45)16-5-7-29(2)30(3)54(49,50)44-40(48)32-10-14-39-38(22-32)47(23-33-9-12-37(33)42)26-41(28-52-39)15-6-8-31-21-34(43)11-13-36(31)41/h5,10-11,13-14,16,21-22,29-30,33,35,37H,4,6-9,12,15,17-20,23-28H2,1-3H3,(H,44,48)/b16-5+/t29-,30+,33-,35-,37+,41-,42+/m0/s1. The second kappa shape index (κ2) is 15.3. The molecule has 1 saturated carbocycles. The summed E-state index contributed by atoms with van der Waals surface area (Å²) in [5.74, 6) is 0.468. The first-order chi connectivity index (χ1) is 26.0. The van der Waals surface area contributed by atoms with Crippen molar-refractivity contribution < 1.29 is 27.4 Å². The van der Waals surface area contributed by atoms with Crippen LogP contribution in [0.3, 0.4) is 0 Å². The number of hydrogen-bond donors (Lipinski definition) is 1. The number of nitrogens with one attached hydrogen (secondary N) is 1. The SMILES string of the molecule is CCO[C@@]1(CN2CCN3CCOC[C@@H]3C2)/C=C/C[C@H](C)[C@@H](C)S(=O)(=O)NC(=O)c2ccc3c(c2)N(C[C@@H]2CC[C@H]21)C[C@@]1(CCCc2cc(Cl)ccc21)CO3. The van der Waals surface area contributed by atoms with Crippen LogP contribution in [0.1, 0.15) is 74.4 Å². The zero-order valence-electron chi connectivity index (χ0n) is 32.1. The molecule has 10 nitrogen and oxygen atoms in total. The highest BCUT2D eigenvalue weighted by Gasteiger charge is 2.50. The number of sulfonamides is 1. The highest BCUT2D eigenvalue weighted by atomic mass is 35.5. The van der Waals surface area contributed by atoms with Crippen LogP contribution in [0.4, 0.5) is 5.69 Å². The lowest BCUT2D eigenvalue weighted by atomic mass is 9.63. The van der Waals surface area contributed by atoms with Crippen molar-refractivity contribution in [2.45, 2.75) is 81.6 Å². The maximum atomic E-state index is 13.7. The molecule has 1 amide bonds. The molecule has 0 aromatic heterocycles. The van der Waals surface area contributed by atoms with E-state index in [1.165, 1.54) is 11.1 Å². The molecule has 0 unspecified atom stereocenters. The van der Waals surface area contributed by atoms with Gasteiger partial charge >= 0.3 is 0 Å². The minimum Gasteiger partial charge on any atom is -0.490 e. The Morgan fingerprint density at radius 1 is 1.07 bits per heavy atom. The Morgan fingerprint density at radius 2 is 1.94 bits per heavy atom. The lowest BCUT2D eigenvalue weighted by molar-refractivity contribution is -0.121. The van der Waals surface area contributed by atoms with Crippen molar-refractivity contribution in [2.24, 2.45) is 17.8 Å². The molecule has 6 aliphatic rings. The third kappa shape index (κ3) is 7.34. The van der Waals surface area contributed by atoms with Crippen LogP contribution in [0, 0.1) is 17.8 Å². The van der Waals surface area contributed by atoms with Crippen LogP contribution in [0.15, 0.2) is 48.6 Å². The Kier molecular flexibility index (Phi) is 10.9. The number of aryl methyl sites for hydroxylation is 1. The molecule has 54 heavy (non-hydrogen) atoms. The minimum absolute atomic E-state index is 0.223. The van der Waals surface area contributed by atoms with Crippen LogP contribution in [0.2, 0.25) is 5.02 Å². The molecule has 2 aromatic carbocycles. The van der Waals surface area contributed by atoms with E-state index in [0.717, 1.165) is 108 Å². The van der Waals surface area contributed by atoms with E-state index in [1.807, 2.05) is 25.1 Å². The summed E-state index contributed by atoms with van der Waals surface area (Å²) >= 11 is 6.52. The van der Waals surface area contributed by atoms with Crippen molar-refractivity contribution in [1.82, 2.24) is 14.5 Å². The van der Waals surface area contributed by atoms with E-state index in [1.54, 1.807) is 13.0 Å². The summed E-state index contributed by atoms with van der Waals surface area (Å²) in [6.07, 6.45) is 10.1. The number of fused-ring (bicyclic) bond motifs is 5. The van der Waals surface area contributed by atoms with Gasteiger partial charge in [-0.15, -0.1) is 0 Å². The molecule has 4 aliphatic heterocycles. The third-order valence-electron chi connectivity index (χ3n) is 13.6. The van der Waals surface area contributed by atoms with Crippen molar-refractivity contribution in [2.75, 3.05) is 77.1 Å². The topological polar surface area (TPSA) is 101 Å². The van der Waals surface area contributed by atoms with Crippen LogP contribution in [-0.4, -0.2) is 113 Å². The number of benzene rings is 2. The van der Waals surface area contributed by atoms with Crippen LogP contribution in [0.5, 0.6) is 5.75 Å². The van der Waals surface area contributed by atoms with Gasteiger partial charge in [-0.25, -0.2) is 13.1 Å². The number of amides is 1. The molecule has 2 aromatic rings. The summed E-state index contributed by atoms with van der Waals surface area (Å²) in [5, 5.41) is -0.0327. The van der Waals surface area contributed by atoms with E-state index >= 15 is 0 Å². The molecule has 12 heteroatoms. The minimum atomic E-state index is -3.96. The summed E-state index contributed by atoms with van der Waals surface area (Å²) in [5.41, 5.74) is 2.89. The molecule has 4 heterocycles. The summed E-state index contributed by atoms with van der Waals surface area (Å²) < 4.78 is 49.4. The average Bonchev–Trinajstić information content (AvgIpc) is 3.29. The molecule has 7 atom stereocenters. The molecule has 1 spiro atoms. The van der Waals surface area contributed by atoms with Gasteiger partial charge in [0.1, 0.15) is 11.4 Å². The number of hydrogen-bond acceptors (Lipinski definition) is 9. The normalized spacial score (nSPS) is 35.0. The predicted octanol–water partition coefficient (Wildman–Crippen LogP) is 5.68. The molecule has 8 rings (SSSR count). The van der Waals surface area contributed by atoms with Gasteiger partial charge in [-0.05, 0) is 112 Å². The Bertz CT molecular complexity index is 1860. The van der Waals surface area contributed by atoms with Gasteiger partial charge < -0.3 is 19.1 Å². The zero-order chi connectivity index (χ0) is 37.7. The number of anilines is 1. The van der Waals surface area contributed by atoms with Gasteiger partial charge in [0, 0.05) is 74.5 Å². The maximum Gasteiger partial charge on any atom is 0.264 e. The van der Waals surface area contributed by atoms with Gasteiger partial charge in [0.25, 0.3) is 5.91 Å². The molecule has 2 saturated heterocycles. The Labute approximate surface area is 326 Å². The molecule has 2 aliphatic carbocycles. The second-order valence-electron chi connectivity index (χ2n) is 16.9. The van der Waals surface area contributed by atoms with Gasteiger partial charge in [-0.2, -0.15) is 0 Å². The molecule has 2 bridgehead atoms. The lowest BCUT2D eigenvalue weighted by Gasteiger charge is -2.53. The Morgan fingerprint density at radius 3 is 2.76 bits per heavy atom. The fourth-order valence-electron chi connectivity index (χ4n) is 10.3. The third-order valence-corrected chi connectivity index (χ3v) is 15.8. The van der Waals surface area contributed by atoms with Crippen LogP contribution in [0.25, 0.3) is 0 Å². The van der Waals surface area contributed by atoms with E-state index < -0.39 is 26.8 Å². The van der Waals surface area contributed by atoms with Crippen LogP contribution < -0.4 is 14.4 Å². The fraction of sp³-hybridized carbons (Fsp3) is 0.643. The number of nitrogens with zero attached hydrogens (tertiary/aromatic N) is 3. The zero-order valence-corrected chi connectivity index (χ0v) is 33.7. The Hall–Kier alpha value is -2.67. The summed E-state index contributed by atoms with van der Waals surface area (Å²) in [4.78, 5) is 21.3. The largest absolute Gasteiger partial charge is 0.490 e. The van der Waals surface area contributed by atoms with Crippen molar-refractivity contribution in [3.05, 3.63) is 70.3 Å². The number of carbonyl (C=O) groups excluding carboxylic acids is 1. The van der Waals surface area contributed by atoms with Gasteiger partial charge in [0.05, 0.1) is 30.8 Å². The first kappa shape index (κ1) is 38.2. The monoisotopic (exact) mass is 780 g/mol. The number of piperazine rings is 1. The van der Waals surface area contributed by atoms with Crippen molar-refractivity contribution >= 4 is 33.2 Å². The van der Waals surface area contributed by atoms with E-state index in [9.17, 15) is 13.2 Å². The lowest BCUT2D eigenvalue weighted by Crippen LogP contribution is -2.62. The van der Waals surface area contributed by atoms with E-state index in [0.29, 0.717) is 37.2 Å². The molecule has 3 fully saturated rings. The summed E-state index contributed by atoms with van der Waals surface area (Å²) in [6.45, 7) is 14.6. The van der Waals surface area contributed by atoms with E-state index in [2.05, 4.69) is 50.6 Å². The number of rotatable bonds is 4. The smallest absolute Gasteiger partial charge is 0.264 e. The summed E-state index contributed by atoms with van der Waals surface area (Å²) in [7, 11) is -3.96. The van der Waals surface area contributed by atoms with Crippen molar-refractivity contribution in [3.8, 4) is 5.75 Å². The first-order valence-corrected chi connectivity index (χ1v) is 22.1. The average molecular weight is 781 g/mol. The van der Waals surface area contributed by atoms with Gasteiger partial charge in [0.2, 0.25) is 10.0 Å². The predicted molar refractivity (Wildman–Crippen MR) is 212 cm³/mol. The van der Waals surface area contributed by atoms with E-state index in [-0.39, 0.29) is 17.3 Å². The van der Waals surface area contributed by atoms with Crippen molar-refractivity contribution in [1.29, 1.82) is 0 Å².